The Labute approximate surface area is 88.7 Å². The van der Waals surface area contributed by atoms with Gasteiger partial charge in [0.1, 0.15) is 17.5 Å². The molecule has 0 aliphatic heterocycles. The second-order valence-corrected chi connectivity index (χ2v) is 2.96. The molecule has 7 nitrogen and oxygen atoms in total. The number of nitrogens with zero attached hydrogens (tertiary/aromatic N) is 2. The average molecular weight is 221 g/mol. The van der Waals surface area contributed by atoms with Crippen molar-refractivity contribution in [2.75, 3.05) is 7.11 Å². The molecule has 82 valence electrons. The Balaban J connectivity index is 2.85. The van der Waals surface area contributed by atoms with Gasteiger partial charge in [0.15, 0.2) is 0 Å². The zero-order valence-electron chi connectivity index (χ0n) is 8.22. The normalized spacial score (nSPS) is 10.3. The van der Waals surface area contributed by atoms with E-state index in [1.54, 1.807) is 0 Å². The van der Waals surface area contributed by atoms with Gasteiger partial charge in [0.05, 0.1) is 12.5 Å². The molecular formula is C9H7N3O4. The summed E-state index contributed by atoms with van der Waals surface area (Å²) < 4.78 is 4.94. The summed E-state index contributed by atoms with van der Waals surface area (Å²) in [6.45, 7) is 0. The lowest BCUT2D eigenvalue weighted by molar-refractivity contribution is 0.0695. The molecule has 0 aliphatic rings. The van der Waals surface area contributed by atoms with Crippen LogP contribution >= 0.6 is 0 Å². The third-order valence-electron chi connectivity index (χ3n) is 2.04. The zero-order chi connectivity index (χ0) is 11.7. The second kappa shape index (κ2) is 3.61. The van der Waals surface area contributed by atoms with E-state index in [0.717, 1.165) is 0 Å². The van der Waals surface area contributed by atoms with E-state index in [9.17, 15) is 9.59 Å². The second-order valence-electron chi connectivity index (χ2n) is 2.96. The van der Waals surface area contributed by atoms with Crippen molar-refractivity contribution in [3.05, 3.63) is 28.3 Å². The number of carboxylic acid groups (broad SMARTS) is 1. The van der Waals surface area contributed by atoms with Crippen LogP contribution in [0.25, 0.3) is 11.0 Å². The first-order chi connectivity index (χ1) is 7.63. The quantitative estimate of drug-likeness (QED) is 0.740. The molecule has 16 heavy (non-hydrogen) atoms. The maximum Gasteiger partial charge on any atom is 0.341 e. The van der Waals surface area contributed by atoms with Gasteiger partial charge in [-0.3, -0.25) is 4.79 Å². The minimum Gasteiger partial charge on any atom is -0.480 e. The van der Waals surface area contributed by atoms with E-state index in [0.29, 0.717) is 5.39 Å². The molecule has 0 aliphatic carbocycles. The summed E-state index contributed by atoms with van der Waals surface area (Å²) in [4.78, 5) is 32.1. The number of fused-ring (bicyclic) bond motifs is 1. The highest BCUT2D eigenvalue weighted by molar-refractivity contribution is 5.92. The van der Waals surface area contributed by atoms with Gasteiger partial charge in [-0.05, 0) is 6.07 Å². The van der Waals surface area contributed by atoms with Gasteiger partial charge in [-0.15, -0.1) is 0 Å². The number of methoxy groups -OCH3 is 1. The van der Waals surface area contributed by atoms with Crippen LogP contribution in [0.1, 0.15) is 10.4 Å². The molecule has 0 unspecified atom stereocenters. The average Bonchev–Trinajstić information content (AvgIpc) is 2.26. The molecule has 2 N–H and O–H groups in total. The molecule has 0 atom stereocenters. The van der Waals surface area contributed by atoms with Gasteiger partial charge >= 0.3 is 5.97 Å². The number of hydrogen-bond acceptors (Lipinski definition) is 5. The van der Waals surface area contributed by atoms with Crippen molar-refractivity contribution in [1.82, 2.24) is 15.0 Å². The number of aromatic nitrogens is 3. The van der Waals surface area contributed by atoms with Gasteiger partial charge in [-0.25, -0.2) is 14.8 Å². The number of H-pyrrole nitrogens is 1. The maximum atomic E-state index is 11.3. The molecule has 0 amide bonds. The van der Waals surface area contributed by atoms with Crippen LogP contribution in [0.3, 0.4) is 0 Å². The summed E-state index contributed by atoms with van der Waals surface area (Å²) in [5.41, 5.74) is -0.844. The van der Waals surface area contributed by atoms with Gasteiger partial charge in [0.25, 0.3) is 5.56 Å². The number of hydrogen-bond donors (Lipinski definition) is 2. The number of pyridine rings is 1. The molecular weight excluding hydrogens is 214 g/mol. The van der Waals surface area contributed by atoms with Crippen LogP contribution in [0.15, 0.2) is 17.2 Å². The number of aromatic carboxylic acids is 1. The van der Waals surface area contributed by atoms with E-state index in [1.807, 2.05) is 0 Å². The lowest BCUT2D eigenvalue weighted by Gasteiger charge is -2.03. The Morgan fingerprint density at radius 3 is 2.88 bits per heavy atom. The van der Waals surface area contributed by atoms with Crippen LogP contribution in [0.2, 0.25) is 0 Å². The van der Waals surface area contributed by atoms with E-state index in [1.165, 1.54) is 19.5 Å². The Kier molecular flexibility index (Phi) is 2.28. The van der Waals surface area contributed by atoms with Crippen molar-refractivity contribution in [2.24, 2.45) is 0 Å². The molecule has 2 heterocycles. The molecule has 0 bridgehead atoms. The summed E-state index contributed by atoms with van der Waals surface area (Å²) in [6.07, 6.45) is 1.22. The van der Waals surface area contributed by atoms with Crippen molar-refractivity contribution in [3.63, 3.8) is 0 Å². The molecule has 0 aromatic carbocycles. The Morgan fingerprint density at radius 2 is 2.25 bits per heavy atom. The number of ether oxygens (including phenoxy) is 1. The van der Waals surface area contributed by atoms with Crippen LogP contribution < -0.4 is 10.3 Å². The van der Waals surface area contributed by atoms with Crippen LogP contribution in [-0.2, 0) is 0 Å². The fourth-order valence-electron chi connectivity index (χ4n) is 1.32. The monoisotopic (exact) mass is 221 g/mol. The van der Waals surface area contributed by atoms with Gasteiger partial charge < -0.3 is 14.8 Å². The van der Waals surface area contributed by atoms with Crippen molar-refractivity contribution >= 4 is 17.0 Å². The van der Waals surface area contributed by atoms with Crippen LogP contribution in [0, 0.1) is 0 Å². The SMILES string of the molecule is COc1ncnc2[nH]c(=O)c(C(=O)O)cc12. The number of rotatable bonds is 2. The molecule has 0 fully saturated rings. The summed E-state index contributed by atoms with van der Waals surface area (Å²) in [5.74, 6) is -1.10. The minimum absolute atomic E-state index is 0.212. The van der Waals surface area contributed by atoms with E-state index < -0.39 is 11.5 Å². The van der Waals surface area contributed by atoms with Crippen molar-refractivity contribution in [2.45, 2.75) is 0 Å². The lowest BCUT2D eigenvalue weighted by atomic mass is 10.2. The van der Waals surface area contributed by atoms with Crippen molar-refractivity contribution in [3.8, 4) is 5.88 Å². The summed E-state index contributed by atoms with van der Waals surface area (Å²) in [6, 6.07) is 1.19. The first kappa shape index (κ1) is 10.1. The molecule has 2 aromatic rings. The molecule has 2 rings (SSSR count). The fourth-order valence-corrected chi connectivity index (χ4v) is 1.32. The van der Waals surface area contributed by atoms with Crippen LogP contribution in [-0.4, -0.2) is 33.1 Å². The van der Waals surface area contributed by atoms with Gasteiger partial charge in [0, 0.05) is 0 Å². The fraction of sp³-hybridized carbons (Fsp3) is 0.111. The lowest BCUT2D eigenvalue weighted by Crippen LogP contribution is -2.17. The van der Waals surface area contributed by atoms with Crippen LogP contribution in [0.5, 0.6) is 5.88 Å². The smallest absolute Gasteiger partial charge is 0.341 e. The standard InChI is InChI=1S/C9H7N3O4/c1-16-8-4-2-5(9(14)15)7(13)12-6(4)10-3-11-8/h2-3H,1H3,(H,14,15)(H,10,11,12,13). The van der Waals surface area contributed by atoms with Crippen molar-refractivity contribution < 1.29 is 14.6 Å². The Hall–Kier alpha value is -2.44. The molecule has 0 saturated carbocycles. The Bertz CT molecular complexity index is 620. The maximum absolute atomic E-state index is 11.3. The minimum atomic E-state index is -1.31. The number of aromatic amines is 1. The largest absolute Gasteiger partial charge is 0.480 e. The highest BCUT2D eigenvalue weighted by atomic mass is 16.5. The molecule has 0 spiro atoms. The van der Waals surface area contributed by atoms with Crippen LogP contribution in [0.4, 0.5) is 0 Å². The summed E-state index contributed by atoms with van der Waals surface area (Å²) in [5, 5.41) is 9.14. The number of carbonyl (C=O) groups is 1. The van der Waals surface area contributed by atoms with Gasteiger partial charge in [0.2, 0.25) is 5.88 Å². The molecule has 0 saturated heterocycles. The first-order valence-electron chi connectivity index (χ1n) is 4.29. The van der Waals surface area contributed by atoms with Gasteiger partial charge in [-0.1, -0.05) is 0 Å². The highest BCUT2D eigenvalue weighted by Crippen LogP contribution is 2.18. The van der Waals surface area contributed by atoms with E-state index >= 15 is 0 Å². The number of carboxylic acids is 1. The topological polar surface area (TPSA) is 105 Å². The molecule has 7 heteroatoms. The first-order valence-corrected chi connectivity index (χ1v) is 4.29. The van der Waals surface area contributed by atoms with E-state index in [4.69, 9.17) is 9.84 Å². The third-order valence-corrected chi connectivity index (χ3v) is 2.04. The molecule has 2 aromatic heterocycles. The van der Waals surface area contributed by atoms with E-state index in [-0.39, 0.29) is 17.1 Å². The Morgan fingerprint density at radius 1 is 1.50 bits per heavy atom. The van der Waals surface area contributed by atoms with Crippen molar-refractivity contribution in [1.29, 1.82) is 0 Å². The summed E-state index contributed by atoms with van der Waals surface area (Å²) >= 11 is 0. The molecule has 0 radical (unpaired) electrons. The van der Waals surface area contributed by atoms with Gasteiger partial charge in [-0.2, -0.15) is 0 Å². The van der Waals surface area contributed by atoms with E-state index in [2.05, 4.69) is 15.0 Å². The highest BCUT2D eigenvalue weighted by Gasteiger charge is 2.13. The summed E-state index contributed by atoms with van der Waals surface area (Å²) in [7, 11) is 1.40. The predicted octanol–water partition coefficient (Wildman–Crippen LogP) is 0.0249. The number of nitrogens with one attached hydrogen (secondary N) is 1. The predicted molar refractivity (Wildman–Crippen MR) is 53.7 cm³/mol. The zero-order valence-corrected chi connectivity index (χ0v) is 8.22. The third kappa shape index (κ3) is 1.48.